The summed E-state index contributed by atoms with van der Waals surface area (Å²) in [6.45, 7) is 3.93. The van der Waals surface area contributed by atoms with Crippen molar-refractivity contribution in [3.63, 3.8) is 0 Å². The first-order valence-electron chi connectivity index (χ1n) is 5.05. The Labute approximate surface area is 104 Å². The molecule has 0 heterocycles. The van der Waals surface area contributed by atoms with Gasteiger partial charge < -0.3 is 19.9 Å². The molecule has 0 aromatic carbocycles. The lowest BCUT2D eigenvalue weighted by Crippen LogP contribution is -2.32. The van der Waals surface area contributed by atoms with Gasteiger partial charge in [-0.15, -0.1) is 5.01 Å². The van der Waals surface area contributed by atoms with Crippen molar-refractivity contribution in [3.05, 3.63) is 5.21 Å². The molecule has 0 amide bonds. The van der Waals surface area contributed by atoms with E-state index in [1.807, 2.05) is 0 Å². The highest BCUT2D eigenvalue weighted by Crippen LogP contribution is 2.14. The van der Waals surface area contributed by atoms with Crippen molar-refractivity contribution in [2.45, 2.75) is 20.8 Å². The van der Waals surface area contributed by atoms with Gasteiger partial charge in [0.25, 0.3) is 6.79 Å². The fourth-order valence-electron chi connectivity index (χ4n) is 0.688. The standard InChI is InChI=1S/C9H17N3O6/c1-9(2,3)8(15)17-6-18-10-12(16)11(4)5-7(13)14/h5-6H2,1-4H3,(H,13,14). The van der Waals surface area contributed by atoms with Gasteiger partial charge in [-0.25, -0.2) is 0 Å². The molecular formula is C9H17N3O6. The van der Waals surface area contributed by atoms with Crippen molar-refractivity contribution < 1.29 is 29.2 Å². The Balaban J connectivity index is 4.02. The van der Waals surface area contributed by atoms with Crippen LogP contribution in [0.25, 0.3) is 0 Å². The maximum Gasteiger partial charge on any atom is 0.329 e. The normalized spacial score (nSPS) is 11.9. The first-order chi connectivity index (χ1) is 8.14. The zero-order chi connectivity index (χ0) is 14.3. The molecular weight excluding hydrogens is 246 g/mol. The van der Waals surface area contributed by atoms with E-state index in [-0.39, 0.29) is 4.97 Å². The average Bonchev–Trinajstić information content (AvgIpc) is 2.21. The molecule has 0 fully saturated rings. The van der Waals surface area contributed by atoms with Crippen molar-refractivity contribution in [1.29, 1.82) is 0 Å². The molecule has 0 radical (unpaired) electrons. The van der Waals surface area contributed by atoms with Crippen molar-refractivity contribution in [2.24, 2.45) is 10.7 Å². The molecule has 0 aliphatic rings. The van der Waals surface area contributed by atoms with Crippen LogP contribution in [0.1, 0.15) is 20.8 Å². The van der Waals surface area contributed by atoms with E-state index in [1.54, 1.807) is 20.8 Å². The Morgan fingerprint density at radius 2 is 2.00 bits per heavy atom. The number of likely N-dealkylation sites (N-methyl/N-ethyl adjacent to an activating group) is 1. The molecule has 0 aromatic rings. The number of carbonyl (C=O) groups excluding carboxylic acids is 1. The summed E-state index contributed by atoms with van der Waals surface area (Å²) >= 11 is 0. The van der Waals surface area contributed by atoms with Gasteiger partial charge in [-0.2, -0.15) is 0 Å². The summed E-state index contributed by atoms with van der Waals surface area (Å²) in [6.07, 6.45) is 0. The SMILES string of the molecule is CN(CC(=O)O)[N+]([O-])=NOCOC(=O)C(C)(C)C. The van der Waals surface area contributed by atoms with Crippen molar-refractivity contribution in [3.8, 4) is 0 Å². The number of aliphatic carboxylic acids is 1. The molecule has 104 valence electrons. The number of hydrogen-bond donors (Lipinski definition) is 1. The molecule has 0 bridgehead atoms. The lowest BCUT2D eigenvalue weighted by Gasteiger charge is -2.15. The number of carboxylic acids is 1. The second-order valence-electron chi connectivity index (χ2n) is 4.47. The molecule has 0 aliphatic heterocycles. The second-order valence-corrected chi connectivity index (χ2v) is 4.47. The van der Waals surface area contributed by atoms with Crippen LogP contribution < -0.4 is 0 Å². The third kappa shape index (κ3) is 6.51. The van der Waals surface area contributed by atoms with Crippen LogP contribution in [-0.4, -0.2) is 47.4 Å². The fourth-order valence-corrected chi connectivity index (χ4v) is 0.688. The molecule has 0 saturated heterocycles. The van der Waals surface area contributed by atoms with Gasteiger partial charge in [-0.3, -0.25) is 9.59 Å². The summed E-state index contributed by atoms with van der Waals surface area (Å²) in [5.74, 6) is -1.69. The minimum Gasteiger partial charge on any atom is -0.569 e. The van der Waals surface area contributed by atoms with Crippen molar-refractivity contribution in [1.82, 2.24) is 5.01 Å². The number of hydrogen-bond acceptors (Lipinski definition) is 6. The van der Waals surface area contributed by atoms with E-state index < -0.39 is 30.7 Å². The highest BCUT2D eigenvalue weighted by molar-refractivity contribution is 5.75. The summed E-state index contributed by atoms with van der Waals surface area (Å²) in [6, 6.07) is 0. The number of rotatable bonds is 6. The Kier molecular flexibility index (Phi) is 5.86. The van der Waals surface area contributed by atoms with Crippen LogP contribution in [0, 0.1) is 10.6 Å². The lowest BCUT2D eigenvalue weighted by atomic mass is 9.98. The number of carbonyl (C=O) groups is 2. The topological polar surface area (TPSA) is 114 Å². The van der Waals surface area contributed by atoms with E-state index in [0.717, 1.165) is 5.01 Å². The zero-order valence-electron chi connectivity index (χ0n) is 10.7. The molecule has 0 saturated carbocycles. The van der Waals surface area contributed by atoms with Crippen molar-refractivity contribution >= 4 is 11.9 Å². The molecule has 9 nitrogen and oxygen atoms in total. The van der Waals surface area contributed by atoms with E-state index in [4.69, 9.17) is 5.11 Å². The molecule has 0 spiro atoms. The monoisotopic (exact) mass is 263 g/mol. The number of ether oxygens (including phenoxy) is 1. The molecule has 0 rings (SSSR count). The van der Waals surface area contributed by atoms with Gasteiger partial charge in [0, 0.05) is 0 Å². The molecule has 0 aliphatic carbocycles. The average molecular weight is 263 g/mol. The number of esters is 1. The van der Waals surface area contributed by atoms with Gasteiger partial charge in [-0.1, -0.05) is 0 Å². The number of nitrogens with zero attached hydrogens (tertiary/aromatic N) is 3. The maximum atomic E-state index is 11.3. The van der Waals surface area contributed by atoms with Crippen LogP contribution in [0.4, 0.5) is 0 Å². The van der Waals surface area contributed by atoms with E-state index in [9.17, 15) is 14.8 Å². The minimum absolute atomic E-state index is 0.0565. The van der Waals surface area contributed by atoms with Crippen LogP contribution in [0.3, 0.4) is 0 Å². The fraction of sp³-hybridized carbons (Fsp3) is 0.778. The summed E-state index contributed by atoms with van der Waals surface area (Å²) in [5, 5.41) is 23.2. The highest BCUT2D eigenvalue weighted by atomic mass is 16.8. The number of hydrazine groups is 1. The summed E-state index contributed by atoms with van der Waals surface area (Å²) in [7, 11) is 1.22. The maximum absolute atomic E-state index is 11.3. The quantitative estimate of drug-likeness (QED) is 0.184. The number of carboxylic acid groups (broad SMARTS) is 1. The van der Waals surface area contributed by atoms with E-state index in [1.165, 1.54) is 7.05 Å². The Morgan fingerprint density at radius 1 is 1.44 bits per heavy atom. The predicted molar refractivity (Wildman–Crippen MR) is 57.8 cm³/mol. The van der Waals surface area contributed by atoms with Crippen LogP contribution >= 0.6 is 0 Å². The summed E-state index contributed by atoms with van der Waals surface area (Å²) in [5.41, 5.74) is -0.680. The van der Waals surface area contributed by atoms with Crippen LogP contribution in [0.5, 0.6) is 0 Å². The summed E-state index contributed by atoms with van der Waals surface area (Å²) < 4.78 is 4.66. The van der Waals surface area contributed by atoms with Gasteiger partial charge in [-0.05, 0) is 20.8 Å². The zero-order valence-corrected chi connectivity index (χ0v) is 10.7. The first-order valence-corrected chi connectivity index (χ1v) is 5.05. The smallest absolute Gasteiger partial charge is 0.329 e. The highest BCUT2D eigenvalue weighted by Gasteiger charge is 2.23. The third-order valence-corrected chi connectivity index (χ3v) is 1.64. The summed E-state index contributed by atoms with van der Waals surface area (Å²) in [4.78, 5) is 25.9. The Morgan fingerprint density at radius 3 is 2.44 bits per heavy atom. The van der Waals surface area contributed by atoms with Gasteiger partial charge >= 0.3 is 11.9 Å². The van der Waals surface area contributed by atoms with E-state index in [0.29, 0.717) is 0 Å². The largest absolute Gasteiger partial charge is 0.569 e. The predicted octanol–water partition coefficient (Wildman–Crippen LogP) is 0.359. The lowest BCUT2D eigenvalue weighted by molar-refractivity contribution is -0.704. The van der Waals surface area contributed by atoms with E-state index >= 15 is 0 Å². The Bertz CT molecular complexity index is 336. The van der Waals surface area contributed by atoms with Gasteiger partial charge in [0.05, 0.1) is 17.4 Å². The van der Waals surface area contributed by atoms with Crippen molar-refractivity contribution in [2.75, 3.05) is 20.4 Å². The molecule has 18 heavy (non-hydrogen) atoms. The second kappa shape index (κ2) is 6.62. The Hall–Kier alpha value is -2.06. The molecule has 9 heteroatoms. The van der Waals surface area contributed by atoms with Crippen LogP contribution in [0.15, 0.2) is 5.28 Å². The van der Waals surface area contributed by atoms with Gasteiger partial charge in [0.15, 0.2) is 6.54 Å². The van der Waals surface area contributed by atoms with Crippen LogP contribution in [-0.2, 0) is 19.2 Å². The molecule has 0 aromatic heterocycles. The van der Waals surface area contributed by atoms with E-state index in [2.05, 4.69) is 14.9 Å². The molecule has 1 N–H and O–H groups in total. The molecule has 0 unspecified atom stereocenters. The third-order valence-electron chi connectivity index (χ3n) is 1.64. The van der Waals surface area contributed by atoms with Gasteiger partial charge in [0.1, 0.15) is 0 Å². The molecule has 0 atom stereocenters. The van der Waals surface area contributed by atoms with Crippen LogP contribution in [0.2, 0.25) is 0 Å². The van der Waals surface area contributed by atoms with Gasteiger partial charge in [0.2, 0.25) is 5.28 Å². The minimum atomic E-state index is -1.19. The first kappa shape index (κ1) is 15.9.